The van der Waals surface area contributed by atoms with Crippen LogP contribution in [0.1, 0.15) is 23.2 Å². The number of hydrogen-bond donors (Lipinski definition) is 2. The Morgan fingerprint density at radius 2 is 1.97 bits per heavy atom. The number of carbonyl (C=O) groups is 1. The van der Waals surface area contributed by atoms with Gasteiger partial charge in [0.1, 0.15) is 11.5 Å². The summed E-state index contributed by atoms with van der Waals surface area (Å²) in [6.45, 7) is 0. The molecule has 2 N–H and O–H groups in total. The molecule has 0 unspecified atom stereocenters. The first kappa shape index (κ1) is 17.2. The quantitative estimate of drug-likeness (QED) is 0.546. The van der Waals surface area contributed by atoms with Crippen molar-refractivity contribution in [1.29, 1.82) is 0 Å². The van der Waals surface area contributed by atoms with E-state index in [1.807, 2.05) is 30.5 Å². The van der Waals surface area contributed by atoms with E-state index in [4.69, 9.17) is 0 Å². The molecular weight excluding hydrogens is 369 g/mol. The summed E-state index contributed by atoms with van der Waals surface area (Å²) in [5.74, 6) is -0.558. The van der Waals surface area contributed by atoms with Crippen LogP contribution < -0.4 is 5.32 Å². The van der Waals surface area contributed by atoms with Gasteiger partial charge in [0.15, 0.2) is 0 Å². The normalized spacial score (nSPS) is 14.0. The second-order valence-electron chi connectivity index (χ2n) is 6.83. The van der Waals surface area contributed by atoms with Crippen LogP contribution in [-0.4, -0.2) is 25.8 Å². The summed E-state index contributed by atoms with van der Waals surface area (Å²) in [6, 6.07) is 7.62. The van der Waals surface area contributed by atoms with Crippen LogP contribution in [0.3, 0.4) is 0 Å². The predicted octanol–water partition coefficient (Wildman–Crippen LogP) is 4.43. The number of rotatable bonds is 3. The van der Waals surface area contributed by atoms with Crippen LogP contribution in [0.15, 0.2) is 72.7 Å². The molecule has 5 rings (SSSR count). The number of pyridine rings is 1. The molecule has 4 aromatic rings. The van der Waals surface area contributed by atoms with Gasteiger partial charge >= 0.3 is 0 Å². The lowest BCUT2D eigenvalue weighted by atomic mass is 10.0. The molecule has 0 saturated heterocycles. The van der Waals surface area contributed by atoms with Crippen LogP contribution in [0, 0.1) is 0 Å². The van der Waals surface area contributed by atoms with E-state index in [9.17, 15) is 9.18 Å². The maximum atomic E-state index is 13.4. The number of halogens is 1. The van der Waals surface area contributed by atoms with Crippen molar-refractivity contribution in [2.75, 3.05) is 0 Å². The molecule has 1 aliphatic rings. The van der Waals surface area contributed by atoms with Gasteiger partial charge < -0.3 is 10.3 Å². The lowest BCUT2D eigenvalue weighted by molar-refractivity contribution is 0.0966. The fourth-order valence-electron chi connectivity index (χ4n) is 3.45. The van der Waals surface area contributed by atoms with Crippen LogP contribution in [0.5, 0.6) is 0 Å². The van der Waals surface area contributed by atoms with Gasteiger partial charge in [-0.05, 0) is 36.3 Å². The molecule has 0 fully saturated rings. The van der Waals surface area contributed by atoms with Crippen molar-refractivity contribution in [3.8, 4) is 11.1 Å². The third-order valence-electron chi connectivity index (χ3n) is 4.89. The summed E-state index contributed by atoms with van der Waals surface area (Å²) in [7, 11) is 0. The number of carbonyl (C=O) groups excluding carboxylic acids is 1. The van der Waals surface area contributed by atoms with Crippen molar-refractivity contribution in [1.82, 2.24) is 25.3 Å². The average molecular weight is 385 g/mol. The molecule has 0 bridgehead atoms. The average Bonchev–Trinajstić information content (AvgIpc) is 3.16. The third kappa shape index (κ3) is 3.27. The Bertz CT molecular complexity index is 1320. The minimum absolute atomic E-state index is 0.233. The van der Waals surface area contributed by atoms with Gasteiger partial charge in [0.05, 0.1) is 16.6 Å². The fourth-order valence-corrected chi connectivity index (χ4v) is 3.45. The molecule has 29 heavy (non-hydrogen) atoms. The van der Waals surface area contributed by atoms with E-state index in [0.717, 1.165) is 27.5 Å². The first-order valence-corrected chi connectivity index (χ1v) is 9.23. The maximum absolute atomic E-state index is 13.4. The van der Waals surface area contributed by atoms with Crippen LogP contribution in [0.2, 0.25) is 0 Å². The largest absolute Gasteiger partial charge is 0.346 e. The number of H-pyrrole nitrogens is 1. The number of benzene rings is 1. The smallest absolute Gasteiger partial charge is 0.257 e. The first-order chi connectivity index (χ1) is 14.2. The standard InChI is InChI=1S/C22H16FN5O/c23-15-2-1-3-16(10-15)28-22(29)14-8-17-18(12-27-21(17)26-11-14)13-4-5-19-20(9-13)25-7-6-24-19/h3-12H,1-2H2,(H,26,27)(H,28,29). The lowest BCUT2D eigenvalue weighted by Gasteiger charge is -2.10. The first-order valence-electron chi connectivity index (χ1n) is 9.23. The number of fused-ring (bicyclic) bond motifs is 2. The summed E-state index contributed by atoms with van der Waals surface area (Å²) >= 11 is 0. The van der Waals surface area contributed by atoms with Gasteiger partial charge in [-0.3, -0.25) is 14.8 Å². The summed E-state index contributed by atoms with van der Waals surface area (Å²) in [5.41, 5.74) is 5.02. The van der Waals surface area contributed by atoms with Crippen LogP contribution in [0.25, 0.3) is 33.2 Å². The second-order valence-corrected chi connectivity index (χ2v) is 6.83. The van der Waals surface area contributed by atoms with E-state index < -0.39 is 0 Å². The van der Waals surface area contributed by atoms with Gasteiger partial charge in [0, 0.05) is 47.9 Å². The molecule has 3 aromatic heterocycles. The fraction of sp³-hybridized carbons (Fsp3) is 0.0909. The zero-order chi connectivity index (χ0) is 19.8. The van der Waals surface area contributed by atoms with Crippen molar-refractivity contribution < 1.29 is 9.18 Å². The highest BCUT2D eigenvalue weighted by Crippen LogP contribution is 2.30. The van der Waals surface area contributed by atoms with E-state index in [1.54, 1.807) is 18.5 Å². The monoisotopic (exact) mass is 385 g/mol. The Kier molecular flexibility index (Phi) is 4.13. The highest BCUT2D eigenvalue weighted by Gasteiger charge is 2.14. The third-order valence-corrected chi connectivity index (χ3v) is 4.89. The molecule has 142 valence electrons. The van der Waals surface area contributed by atoms with Gasteiger partial charge in [-0.15, -0.1) is 0 Å². The molecule has 6 nitrogen and oxygen atoms in total. The summed E-state index contributed by atoms with van der Waals surface area (Å²) in [6.07, 6.45) is 10.8. The Labute approximate surface area is 165 Å². The van der Waals surface area contributed by atoms with Crippen molar-refractivity contribution >= 4 is 28.0 Å². The molecule has 1 amide bonds. The molecule has 1 aliphatic carbocycles. The molecule has 0 saturated carbocycles. The molecule has 0 radical (unpaired) electrons. The highest BCUT2D eigenvalue weighted by atomic mass is 19.1. The number of amides is 1. The number of nitrogens with zero attached hydrogens (tertiary/aromatic N) is 3. The molecule has 0 aliphatic heterocycles. The lowest BCUT2D eigenvalue weighted by Crippen LogP contribution is -2.22. The Morgan fingerprint density at radius 3 is 2.83 bits per heavy atom. The molecule has 3 heterocycles. The number of nitrogens with one attached hydrogen (secondary N) is 2. The molecule has 0 atom stereocenters. The molecule has 0 spiro atoms. The van der Waals surface area contributed by atoms with Gasteiger partial charge in [-0.25, -0.2) is 9.37 Å². The van der Waals surface area contributed by atoms with Gasteiger partial charge in [-0.2, -0.15) is 0 Å². The van der Waals surface area contributed by atoms with E-state index in [0.29, 0.717) is 29.7 Å². The maximum Gasteiger partial charge on any atom is 0.257 e. The van der Waals surface area contributed by atoms with Crippen molar-refractivity contribution in [2.24, 2.45) is 0 Å². The van der Waals surface area contributed by atoms with Crippen LogP contribution in [-0.2, 0) is 0 Å². The minimum Gasteiger partial charge on any atom is -0.346 e. The minimum atomic E-state index is -0.326. The van der Waals surface area contributed by atoms with Gasteiger partial charge in [0.25, 0.3) is 5.91 Å². The Balaban J connectivity index is 1.51. The number of aromatic amines is 1. The number of hydrogen-bond acceptors (Lipinski definition) is 4. The van der Waals surface area contributed by atoms with E-state index in [1.165, 1.54) is 12.3 Å². The van der Waals surface area contributed by atoms with E-state index in [2.05, 4.69) is 25.3 Å². The summed E-state index contributed by atoms with van der Waals surface area (Å²) in [5, 5.41) is 3.56. The van der Waals surface area contributed by atoms with Crippen LogP contribution in [0.4, 0.5) is 4.39 Å². The van der Waals surface area contributed by atoms with Crippen LogP contribution >= 0.6 is 0 Å². The highest BCUT2D eigenvalue weighted by molar-refractivity contribution is 6.02. The van der Waals surface area contributed by atoms with Crippen molar-refractivity contribution in [3.05, 3.63) is 78.3 Å². The van der Waals surface area contributed by atoms with E-state index >= 15 is 0 Å². The topological polar surface area (TPSA) is 83.6 Å². The van der Waals surface area contributed by atoms with Crippen molar-refractivity contribution in [2.45, 2.75) is 12.8 Å². The summed E-state index contributed by atoms with van der Waals surface area (Å²) in [4.78, 5) is 28.8. The predicted molar refractivity (Wildman–Crippen MR) is 109 cm³/mol. The van der Waals surface area contributed by atoms with Crippen molar-refractivity contribution in [3.63, 3.8) is 0 Å². The Hall–Kier alpha value is -3.87. The number of allylic oxidation sites excluding steroid dienone is 3. The van der Waals surface area contributed by atoms with E-state index in [-0.39, 0.29) is 11.7 Å². The molecule has 1 aromatic carbocycles. The second kappa shape index (κ2) is 6.94. The molecule has 7 heteroatoms. The number of aromatic nitrogens is 4. The summed E-state index contributed by atoms with van der Waals surface area (Å²) < 4.78 is 13.4. The van der Waals surface area contributed by atoms with Gasteiger partial charge in [-0.1, -0.05) is 12.1 Å². The Morgan fingerprint density at radius 1 is 1.10 bits per heavy atom. The SMILES string of the molecule is O=C(NC1=CCCC(F)=C1)c1cnc2[nH]cc(-c3ccc4nccnc4c3)c2c1. The molecular formula is C22H16FN5O. The van der Waals surface area contributed by atoms with Gasteiger partial charge in [0.2, 0.25) is 0 Å². The zero-order valence-corrected chi connectivity index (χ0v) is 15.3. The zero-order valence-electron chi connectivity index (χ0n) is 15.3.